The number of aliphatic hydroxyl groups is 1. The van der Waals surface area contributed by atoms with Crippen LogP contribution in [-0.4, -0.2) is 48.1 Å². The van der Waals surface area contributed by atoms with E-state index >= 15 is 0 Å². The highest BCUT2D eigenvalue weighted by atomic mass is 32.1. The van der Waals surface area contributed by atoms with Crippen molar-refractivity contribution < 1.29 is 33.7 Å². The number of fused-ring (bicyclic) bond motifs is 2. The van der Waals surface area contributed by atoms with Crippen molar-refractivity contribution in [2.45, 2.75) is 19.9 Å². The highest BCUT2D eigenvalue weighted by Crippen LogP contribution is 2.45. The first-order chi connectivity index (χ1) is 19.3. The standard InChI is InChI=1S/C30H24N2O7S/c1-15-12-16(2)24-22(13-15)40-30(31-24)32-25(17-4-6-18(7-5-17)29(36)37-3)23(27(34)28(32)35)26(33)19-8-9-20-21(14-19)39-11-10-38-20/h4-9,12-14,25,33H,10-11H2,1-3H3/b26-23+/t25-/m1/s1. The summed E-state index contributed by atoms with van der Waals surface area (Å²) in [7, 11) is 1.29. The molecule has 1 saturated heterocycles. The van der Waals surface area contributed by atoms with Crippen molar-refractivity contribution in [1.82, 2.24) is 4.98 Å². The number of methoxy groups -OCH3 is 1. The summed E-state index contributed by atoms with van der Waals surface area (Å²) in [6.07, 6.45) is 0. The number of ether oxygens (including phenoxy) is 3. The highest BCUT2D eigenvalue weighted by molar-refractivity contribution is 7.22. The maximum Gasteiger partial charge on any atom is 0.337 e. The van der Waals surface area contributed by atoms with Crippen LogP contribution in [-0.2, 0) is 14.3 Å². The summed E-state index contributed by atoms with van der Waals surface area (Å²) in [6.45, 7) is 4.68. The predicted molar refractivity (Wildman–Crippen MR) is 149 cm³/mol. The molecule has 4 aromatic rings. The van der Waals surface area contributed by atoms with Gasteiger partial charge in [0.05, 0.1) is 34.5 Å². The van der Waals surface area contributed by atoms with E-state index in [1.54, 1.807) is 42.5 Å². The van der Waals surface area contributed by atoms with Crippen LogP contribution in [0.5, 0.6) is 11.5 Å². The topological polar surface area (TPSA) is 115 Å². The molecule has 3 heterocycles. The maximum atomic E-state index is 13.6. The Labute approximate surface area is 233 Å². The second-order valence-corrected chi connectivity index (χ2v) is 10.6. The van der Waals surface area contributed by atoms with E-state index in [4.69, 9.17) is 19.2 Å². The van der Waals surface area contributed by atoms with Crippen LogP contribution in [0.15, 0.2) is 60.2 Å². The molecule has 1 aromatic heterocycles. The molecule has 0 spiro atoms. The molecule has 40 heavy (non-hydrogen) atoms. The number of nitrogens with zero attached hydrogens (tertiary/aromatic N) is 2. The molecule has 9 nitrogen and oxygen atoms in total. The van der Waals surface area contributed by atoms with E-state index in [0.29, 0.717) is 46.5 Å². The van der Waals surface area contributed by atoms with Crippen LogP contribution in [0.2, 0.25) is 0 Å². The van der Waals surface area contributed by atoms with Crippen LogP contribution >= 0.6 is 11.3 Å². The van der Waals surface area contributed by atoms with Gasteiger partial charge in [-0.15, -0.1) is 0 Å². The summed E-state index contributed by atoms with van der Waals surface area (Å²) in [5.74, 6) is -1.57. The lowest BCUT2D eigenvalue weighted by atomic mass is 9.94. The van der Waals surface area contributed by atoms with Crippen molar-refractivity contribution in [3.63, 3.8) is 0 Å². The Morgan fingerprint density at radius 2 is 1.70 bits per heavy atom. The molecule has 2 aliphatic rings. The van der Waals surface area contributed by atoms with Crippen molar-refractivity contribution in [2.24, 2.45) is 0 Å². The number of aliphatic hydroxyl groups excluding tert-OH is 1. The van der Waals surface area contributed by atoms with Gasteiger partial charge < -0.3 is 19.3 Å². The second-order valence-electron chi connectivity index (χ2n) is 9.57. The summed E-state index contributed by atoms with van der Waals surface area (Å²) in [5, 5.41) is 11.8. The number of thiazole rings is 1. The van der Waals surface area contributed by atoms with E-state index < -0.39 is 23.7 Å². The summed E-state index contributed by atoms with van der Waals surface area (Å²) >= 11 is 1.29. The molecule has 2 aliphatic heterocycles. The number of amides is 1. The van der Waals surface area contributed by atoms with Crippen LogP contribution in [0, 0.1) is 13.8 Å². The lowest BCUT2D eigenvalue weighted by Crippen LogP contribution is -2.29. The van der Waals surface area contributed by atoms with Gasteiger partial charge in [0.15, 0.2) is 16.6 Å². The van der Waals surface area contributed by atoms with Crippen LogP contribution < -0.4 is 14.4 Å². The van der Waals surface area contributed by atoms with Crippen molar-refractivity contribution >= 4 is 50.1 Å². The van der Waals surface area contributed by atoms with Crippen molar-refractivity contribution in [3.05, 3.63) is 88.0 Å². The number of benzene rings is 3. The SMILES string of the molecule is COC(=O)c1ccc([C@@H]2/C(=C(\O)c3ccc4c(c3)OCCO4)C(=O)C(=O)N2c2nc3c(C)cc(C)cc3s2)cc1. The van der Waals surface area contributed by atoms with Gasteiger partial charge in [0, 0.05) is 5.56 Å². The van der Waals surface area contributed by atoms with Crippen molar-refractivity contribution in [3.8, 4) is 11.5 Å². The van der Waals surface area contributed by atoms with E-state index in [0.717, 1.165) is 21.3 Å². The zero-order chi connectivity index (χ0) is 28.1. The Hall–Kier alpha value is -4.70. The Kier molecular flexibility index (Phi) is 6.26. The van der Waals surface area contributed by atoms with Crippen LogP contribution in [0.4, 0.5) is 5.13 Å². The first-order valence-corrected chi connectivity index (χ1v) is 13.4. The molecule has 0 radical (unpaired) electrons. The van der Waals surface area contributed by atoms with Gasteiger partial charge in [-0.2, -0.15) is 0 Å². The quantitative estimate of drug-likeness (QED) is 0.160. The average molecular weight is 557 g/mol. The number of anilines is 1. The molecule has 0 bridgehead atoms. The summed E-state index contributed by atoms with van der Waals surface area (Å²) in [6, 6.07) is 14.2. The molecule has 6 rings (SSSR count). The van der Waals surface area contributed by atoms with Gasteiger partial charge in [-0.1, -0.05) is 29.5 Å². The second kappa shape index (κ2) is 9.80. The summed E-state index contributed by atoms with van der Waals surface area (Å²) in [4.78, 5) is 45.3. The van der Waals surface area contributed by atoms with E-state index in [1.807, 2.05) is 26.0 Å². The number of rotatable bonds is 4. The van der Waals surface area contributed by atoms with Crippen molar-refractivity contribution in [1.29, 1.82) is 0 Å². The van der Waals surface area contributed by atoms with Gasteiger partial charge in [0.2, 0.25) is 0 Å². The van der Waals surface area contributed by atoms with Gasteiger partial charge >= 0.3 is 11.9 Å². The Morgan fingerprint density at radius 1 is 1.00 bits per heavy atom. The van der Waals surface area contributed by atoms with E-state index in [-0.39, 0.29) is 11.3 Å². The number of ketones is 1. The molecule has 0 unspecified atom stereocenters. The van der Waals surface area contributed by atoms with Crippen LogP contribution in [0.25, 0.3) is 16.0 Å². The van der Waals surface area contributed by atoms with E-state index in [2.05, 4.69) is 0 Å². The number of hydrogen-bond acceptors (Lipinski definition) is 9. The van der Waals surface area contributed by atoms with Crippen LogP contribution in [0.1, 0.15) is 38.7 Å². The minimum absolute atomic E-state index is 0.0975. The monoisotopic (exact) mass is 556 g/mol. The smallest absolute Gasteiger partial charge is 0.337 e. The Morgan fingerprint density at radius 3 is 2.42 bits per heavy atom. The third-order valence-electron chi connectivity index (χ3n) is 6.93. The summed E-state index contributed by atoms with van der Waals surface area (Å²) < 4.78 is 16.9. The van der Waals surface area contributed by atoms with Gasteiger partial charge in [-0.05, 0) is 66.9 Å². The number of aromatic nitrogens is 1. The fraction of sp³-hybridized carbons (Fsp3) is 0.200. The van der Waals surface area contributed by atoms with Gasteiger partial charge in [-0.25, -0.2) is 9.78 Å². The molecule has 10 heteroatoms. The normalized spacial score (nSPS) is 17.9. The summed E-state index contributed by atoms with van der Waals surface area (Å²) in [5.41, 5.74) is 3.76. The average Bonchev–Trinajstić information content (AvgIpc) is 3.50. The number of Topliss-reactive ketones (excluding diaryl/α,β-unsaturated/α-hetero) is 1. The number of hydrogen-bond donors (Lipinski definition) is 1. The number of aryl methyl sites for hydroxylation is 2. The molecule has 3 aromatic carbocycles. The molecule has 1 fully saturated rings. The number of esters is 1. The predicted octanol–water partition coefficient (Wildman–Crippen LogP) is 5.10. The third-order valence-corrected chi connectivity index (χ3v) is 7.93. The molecule has 0 aliphatic carbocycles. The molecule has 1 N–H and O–H groups in total. The largest absolute Gasteiger partial charge is 0.507 e. The first-order valence-electron chi connectivity index (χ1n) is 12.5. The van der Waals surface area contributed by atoms with E-state index in [1.165, 1.54) is 23.3 Å². The van der Waals surface area contributed by atoms with Gasteiger partial charge in [-0.3, -0.25) is 14.5 Å². The molecular weight excluding hydrogens is 532 g/mol. The molecule has 0 saturated carbocycles. The Balaban J connectivity index is 1.54. The zero-order valence-electron chi connectivity index (χ0n) is 21.9. The number of carbonyl (C=O) groups is 3. The fourth-order valence-electron chi connectivity index (χ4n) is 5.07. The zero-order valence-corrected chi connectivity index (χ0v) is 22.7. The van der Waals surface area contributed by atoms with Crippen LogP contribution in [0.3, 0.4) is 0 Å². The molecule has 1 amide bonds. The minimum atomic E-state index is -0.998. The first kappa shape index (κ1) is 25.6. The van der Waals surface area contributed by atoms with Gasteiger partial charge in [0.1, 0.15) is 19.0 Å². The number of carbonyl (C=O) groups excluding carboxylic acids is 3. The third kappa shape index (κ3) is 4.17. The fourth-order valence-corrected chi connectivity index (χ4v) is 6.24. The lowest BCUT2D eigenvalue weighted by Gasteiger charge is -2.23. The molecule has 202 valence electrons. The highest BCUT2D eigenvalue weighted by Gasteiger charge is 2.48. The minimum Gasteiger partial charge on any atom is -0.507 e. The maximum absolute atomic E-state index is 13.6. The van der Waals surface area contributed by atoms with E-state index in [9.17, 15) is 19.5 Å². The van der Waals surface area contributed by atoms with Crippen molar-refractivity contribution in [2.75, 3.05) is 25.2 Å². The lowest BCUT2D eigenvalue weighted by molar-refractivity contribution is -0.132. The Bertz CT molecular complexity index is 1740. The molecule has 1 atom stereocenters. The molecular formula is C30H24N2O7S. The van der Waals surface area contributed by atoms with Gasteiger partial charge in [0.25, 0.3) is 5.78 Å².